The van der Waals surface area contributed by atoms with Crippen molar-refractivity contribution in [3.63, 3.8) is 0 Å². The van der Waals surface area contributed by atoms with Crippen LogP contribution in [0.25, 0.3) is 0 Å². The van der Waals surface area contributed by atoms with E-state index in [9.17, 15) is 14.7 Å². The lowest BCUT2D eigenvalue weighted by Crippen LogP contribution is -2.51. The first kappa shape index (κ1) is 15.3. The summed E-state index contributed by atoms with van der Waals surface area (Å²) in [4.78, 5) is 24.9. The van der Waals surface area contributed by atoms with Gasteiger partial charge in [-0.3, -0.25) is 4.79 Å². The molecular formula is C12H22N2O3S. The topological polar surface area (TPSA) is 83.6 Å². The highest BCUT2D eigenvalue weighted by Crippen LogP contribution is 2.18. The Morgan fingerprint density at radius 2 is 2.17 bits per heavy atom. The second kappa shape index (κ2) is 7.63. The molecule has 0 aromatic rings. The van der Waals surface area contributed by atoms with Gasteiger partial charge in [-0.25, -0.2) is 4.79 Å². The van der Waals surface area contributed by atoms with Gasteiger partial charge in [0.25, 0.3) is 0 Å². The van der Waals surface area contributed by atoms with Gasteiger partial charge in [-0.2, -0.15) is 11.8 Å². The van der Waals surface area contributed by atoms with Crippen molar-refractivity contribution in [3.8, 4) is 0 Å². The molecule has 6 heteroatoms. The summed E-state index contributed by atoms with van der Waals surface area (Å²) in [6, 6.07) is -1.27. The van der Waals surface area contributed by atoms with Gasteiger partial charge in [-0.15, -0.1) is 0 Å². The monoisotopic (exact) mass is 274 g/mol. The van der Waals surface area contributed by atoms with Crippen LogP contribution in [0.3, 0.4) is 0 Å². The number of carbonyl (C=O) groups excluding carboxylic acids is 1. The number of hydrogen-bond donors (Lipinski definition) is 2. The number of nitrogens with two attached hydrogens (primary N) is 1. The maximum Gasteiger partial charge on any atom is 0.326 e. The van der Waals surface area contributed by atoms with E-state index < -0.39 is 18.1 Å². The second-order valence-corrected chi connectivity index (χ2v) is 5.61. The third kappa shape index (κ3) is 4.17. The molecule has 2 atom stereocenters. The normalized spacial score (nSPS) is 22.3. The molecule has 0 aromatic heterocycles. The zero-order chi connectivity index (χ0) is 13.5. The first-order chi connectivity index (χ1) is 8.57. The number of hydrogen-bond acceptors (Lipinski definition) is 4. The highest BCUT2D eigenvalue weighted by atomic mass is 32.2. The number of carboxylic acids is 1. The van der Waals surface area contributed by atoms with Crippen LogP contribution in [0.5, 0.6) is 0 Å². The minimum atomic E-state index is -0.915. The minimum Gasteiger partial charge on any atom is -0.480 e. The van der Waals surface area contributed by atoms with Gasteiger partial charge in [0.2, 0.25) is 5.91 Å². The van der Waals surface area contributed by atoms with E-state index in [4.69, 9.17) is 5.73 Å². The van der Waals surface area contributed by atoms with E-state index in [1.165, 1.54) is 4.90 Å². The van der Waals surface area contributed by atoms with Crippen LogP contribution in [0.1, 0.15) is 32.1 Å². The van der Waals surface area contributed by atoms with Crippen molar-refractivity contribution < 1.29 is 14.7 Å². The van der Waals surface area contributed by atoms with Crippen molar-refractivity contribution in [3.05, 3.63) is 0 Å². The van der Waals surface area contributed by atoms with Crippen LogP contribution in [0.2, 0.25) is 0 Å². The number of nitrogens with zero attached hydrogens (tertiary/aromatic N) is 1. The SMILES string of the molecule is CSCC[C@@H](N)C(=O)N1CCCCCC1C(=O)O. The van der Waals surface area contributed by atoms with Gasteiger partial charge in [-0.1, -0.05) is 12.8 Å². The lowest BCUT2D eigenvalue weighted by atomic mass is 10.1. The molecule has 1 aliphatic heterocycles. The molecule has 1 heterocycles. The van der Waals surface area contributed by atoms with Crippen LogP contribution in [-0.2, 0) is 9.59 Å². The van der Waals surface area contributed by atoms with Crippen LogP contribution in [-0.4, -0.2) is 52.5 Å². The first-order valence-electron chi connectivity index (χ1n) is 6.35. The highest BCUT2D eigenvalue weighted by molar-refractivity contribution is 7.98. The number of thioether (sulfide) groups is 1. The summed E-state index contributed by atoms with van der Waals surface area (Å²) in [5, 5.41) is 9.20. The zero-order valence-electron chi connectivity index (χ0n) is 10.8. The summed E-state index contributed by atoms with van der Waals surface area (Å²) in [5.74, 6) is -0.306. The van der Waals surface area contributed by atoms with E-state index in [1.807, 2.05) is 6.26 Å². The van der Waals surface area contributed by atoms with Crippen LogP contribution >= 0.6 is 11.8 Å². The predicted molar refractivity (Wildman–Crippen MR) is 72.6 cm³/mol. The lowest BCUT2D eigenvalue weighted by Gasteiger charge is -2.29. The second-order valence-electron chi connectivity index (χ2n) is 4.62. The van der Waals surface area contributed by atoms with Crippen LogP contribution in [0, 0.1) is 0 Å². The van der Waals surface area contributed by atoms with Gasteiger partial charge < -0.3 is 15.7 Å². The Labute approximate surface area is 112 Å². The van der Waals surface area contributed by atoms with Crippen molar-refractivity contribution in [1.29, 1.82) is 0 Å². The van der Waals surface area contributed by atoms with E-state index in [1.54, 1.807) is 11.8 Å². The zero-order valence-corrected chi connectivity index (χ0v) is 11.6. The van der Waals surface area contributed by atoms with Crippen molar-refractivity contribution in [2.45, 2.75) is 44.2 Å². The van der Waals surface area contributed by atoms with Crippen molar-refractivity contribution in [2.75, 3.05) is 18.6 Å². The molecule has 1 unspecified atom stereocenters. The fraction of sp³-hybridized carbons (Fsp3) is 0.833. The first-order valence-corrected chi connectivity index (χ1v) is 7.75. The maximum atomic E-state index is 12.2. The van der Waals surface area contributed by atoms with Gasteiger partial charge in [0.05, 0.1) is 6.04 Å². The molecule has 1 aliphatic rings. The third-order valence-electron chi connectivity index (χ3n) is 3.27. The number of aliphatic carboxylic acids is 1. The summed E-state index contributed by atoms with van der Waals surface area (Å²) in [6.45, 7) is 0.517. The molecule has 104 valence electrons. The molecule has 1 fully saturated rings. The third-order valence-corrected chi connectivity index (χ3v) is 3.92. The van der Waals surface area contributed by atoms with Crippen molar-refractivity contribution in [2.24, 2.45) is 5.73 Å². The number of amides is 1. The van der Waals surface area contributed by atoms with E-state index in [0.29, 0.717) is 19.4 Å². The molecule has 0 saturated carbocycles. The molecule has 0 aliphatic carbocycles. The fourth-order valence-corrected chi connectivity index (χ4v) is 2.70. The molecule has 0 aromatic carbocycles. The molecular weight excluding hydrogens is 252 g/mol. The number of rotatable bonds is 5. The standard InChI is InChI=1S/C12H22N2O3S/c1-18-8-6-9(13)11(15)14-7-4-2-3-5-10(14)12(16)17/h9-10H,2-8,13H2,1H3,(H,16,17)/t9-,10?/m1/s1. The Balaban J connectivity index is 2.68. The van der Waals surface area contributed by atoms with E-state index in [0.717, 1.165) is 25.0 Å². The van der Waals surface area contributed by atoms with Crippen molar-refractivity contribution in [1.82, 2.24) is 4.90 Å². The summed E-state index contributed by atoms with van der Waals surface area (Å²) >= 11 is 1.64. The van der Waals surface area contributed by atoms with Crippen molar-refractivity contribution >= 4 is 23.6 Å². The molecule has 0 spiro atoms. The Hall–Kier alpha value is -0.750. The molecule has 1 saturated heterocycles. The van der Waals surface area contributed by atoms with Crippen LogP contribution < -0.4 is 5.73 Å². The van der Waals surface area contributed by atoms with Gasteiger partial charge in [-0.05, 0) is 31.3 Å². The Kier molecular flexibility index (Phi) is 6.49. The lowest BCUT2D eigenvalue weighted by molar-refractivity contribution is -0.150. The number of carboxylic acid groups (broad SMARTS) is 1. The van der Waals surface area contributed by atoms with E-state index >= 15 is 0 Å². The average Bonchev–Trinajstić information content (AvgIpc) is 2.60. The van der Waals surface area contributed by atoms with Gasteiger partial charge in [0.1, 0.15) is 6.04 Å². The number of carbonyl (C=O) groups is 2. The maximum absolute atomic E-state index is 12.2. The molecule has 1 rings (SSSR count). The summed E-state index contributed by atoms with van der Waals surface area (Å²) in [6.07, 6.45) is 5.81. The fourth-order valence-electron chi connectivity index (χ4n) is 2.21. The van der Waals surface area contributed by atoms with Gasteiger partial charge >= 0.3 is 5.97 Å². The molecule has 18 heavy (non-hydrogen) atoms. The van der Waals surface area contributed by atoms with E-state index in [2.05, 4.69) is 0 Å². The molecule has 0 bridgehead atoms. The molecule has 3 N–H and O–H groups in total. The smallest absolute Gasteiger partial charge is 0.326 e. The molecule has 5 nitrogen and oxygen atoms in total. The quantitative estimate of drug-likeness (QED) is 0.779. The molecule has 0 radical (unpaired) electrons. The summed E-state index contributed by atoms with van der Waals surface area (Å²) < 4.78 is 0. The Bertz CT molecular complexity index is 299. The average molecular weight is 274 g/mol. The molecule has 1 amide bonds. The Morgan fingerprint density at radius 3 is 2.78 bits per heavy atom. The van der Waals surface area contributed by atoms with Crippen LogP contribution in [0.4, 0.5) is 0 Å². The minimum absolute atomic E-state index is 0.210. The largest absolute Gasteiger partial charge is 0.480 e. The van der Waals surface area contributed by atoms with Gasteiger partial charge in [0, 0.05) is 6.54 Å². The summed E-state index contributed by atoms with van der Waals surface area (Å²) in [7, 11) is 0. The Morgan fingerprint density at radius 1 is 1.44 bits per heavy atom. The summed E-state index contributed by atoms with van der Waals surface area (Å²) in [5.41, 5.74) is 5.85. The highest BCUT2D eigenvalue weighted by Gasteiger charge is 2.32. The van der Waals surface area contributed by atoms with E-state index in [-0.39, 0.29) is 5.91 Å². The number of likely N-dealkylation sites (tertiary alicyclic amines) is 1. The van der Waals surface area contributed by atoms with Gasteiger partial charge in [0.15, 0.2) is 0 Å². The predicted octanol–water partition coefficient (Wildman–Crippen LogP) is 0.923. The van der Waals surface area contributed by atoms with Crippen LogP contribution in [0.15, 0.2) is 0 Å².